The van der Waals surface area contributed by atoms with E-state index in [-0.39, 0.29) is 24.6 Å². The maximum atomic E-state index is 11.7. The van der Waals surface area contributed by atoms with E-state index in [1.54, 1.807) is 0 Å². The van der Waals surface area contributed by atoms with Crippen LogP contribution in [0.4, 0.5) is 11.4 Å². The molecular formula is C14H17N3O6. The summed E-state index contributed by atoms with van der Waals surface area (Å²) < 4.78 is 5.10. The number of nitro benzene ring substituents is 1. The molecule has 1 saturated heterocycles. The first-order valence-corrected chi connectivity index (χ1v) is 6.99. The Hall–Kier alpha value is -2.84. The van der Waals surface area contributed by atoms with Crippen LogP contribution in [0.1, 0.15) is 6.42 Å². The third-order valence-electron chi connectivity index (χ3n) is 3.66. The molecule has 1 fully saturated rings. The highest BCUT2D eigenvalue weighted by Gasteiger charge is 2.33. The van der Waals surface area contributed by atoms with Gasteiger partial charge in [-0.2, -0.15) is 0 Å². The van der Waals surface area contributed by atoms with Crippen molar-refractivity contribution in [2.45, 2.75) is 6.42 Å². The second kappa shape index (κ2) is 6.95. The van der Waals surface area contributed by atoms with E-state index < -0.39 is 16.8 Å². The van der Waals surface area contributed by atoms with E-state index in [2.05, 4.69) is 5.32 Å². The molecule has 1 atom stereocenters. The molecule has 124 valence electrons. The number of methoxy groups -OCH3 is 1. The average molecular weight is 323 g/mol. The number of benzene rings is 1. The first-order chi connectivity index (χ1) is 10.9. The Morgan fingerprint density at radius 2 is 2.30 bits per heavy atom. The van der Waals surface area contributed by atoms with Crippen LogP contribution in [-0.4, -0.2) is 53.6 Å². The second-order valence-electron chi connectivity index (χ2n) is 5.15. The van der Waals surface area contributed by atoms with Gasteiger partial charge in [0.15, 0.2) is 0 Å². The molecule has 0 radical (unpaired) electrons. The summed E-state index contributed by atoms with van der Waals surface area (Å²) in [6.45, 7) is 0.933. The Morgan fingerprint density at radius 3 is 2.87 bits per heavy atom. The molecule has 0 aliphatic carbocycles. The number of nitro groups is 1. The highest BCUT2D eigenvalue weighted by molar-refractivity contribution is 5.86. The zero-order valence-electron chi connectivity index (χ0n) is 12.5. The van der Waals surface area contributed by atoms with Crippen molar-refractivity contribution in [3.8, 4) is 5.75 Å². The smallest absolute Gasteiger partial charge is 0.308 e. The Balaban J connectivity index is 1.93. The summed E-state index contributed by atoms with van der Waals surface area (Å²) in [6, 6.07) is 4.19. The number of hydrogen-bond donors (Lipinski definition) is 2. The van der Waals surface area contributed by atoms with E-state index in [9.17, 15) is 19.7 Å². The number of carbonyl (C=O) groups is 2. The van der Waals surface area contributed by atoms with Gasteiger partial charge in [0, 0.05) is 32.1 Å². The molecule has 0 aromatic heterocycles. The van der Waals surface area contributed by atoms with Gasteiger partial charge < -0.3 is 20.1 Å². The second-order valence-corrected chi connectivity index (χ2v) is 5.15. The van der Waals surface area contributed by atoms with Crippen LogP contribution in [-0.2, 0) is 9.59 Å². The lowest BCUT2D eigenvalue weighted by atomic mass is 10.1. The van der Waals surface area contributed by atoms with Crippen LogP contribution in [0.5, 0.6) is 5.75 Å². The number of carboxylic acids is 1. The number of hydrogen-bond acceptors (Lipinski definition) is 6. The Kier molecular flexibility index (Phi) is 4.99. The molecule has 1 aromatic rings. The van der Waals surface area contributed by atoms with Crippen LogP contribution < -0.4 is 10.1 Å². The Labute approximate surface area is 132 Å². The SMILES string of the molecule is COc1cc([N+](=O)[O-])ccc1NCCN1CC(C(=O)O)CC1=O. The van der Waals surface area contributed by atoms with Crippen molar-refractivity contribution in [1.82, 2.24) is 4.90 Å². The number of non-ortho nitro benzene ring substituents is 1. The molecule has 1 aliphatic heterocycles. The van der Waals surface area contributed by atoms with Gasteiger partial charge in [-0.1, -0.05) is 0 Å². The zero-order chi connectivity index (χ0) is 17.0. The van der Waals surface area contributed by atoms with Gasteiger partial charge in [0.2, 0.25) is 5.91 Å². The summed E-state index contributed by atoms with van der Waals surface area (Å²) >= 11 is 0. The van der Waals surface area contributed by atoms with Crippen LogP contribution in [0.25, 0.3) is 0 Å². The largest absolute Gasteiger partial charge is 0.494 e. The van der Waals surface area contributed by atoms with Crippen LogP contribution in [0.3, 0.4) is 0 Å². The quantitative estimate of drug-likeness (QED) is 0.565. The normalized spacial score (nSPS) is 17.2. The molecule has 1 aliphatic rings. The zero-order valence-corrected chi connectivity index (χ0v) is 12.5. The molecule has 1 aromatic carbocycles. The Bertz CT molecular complexity index is 633. The lowest BCUT2D eigenvalue weighted by Crippen LogP contribution is -2.31. The molecule has 9 nitrogen and oxygen atoms in total. The molecule has 0 saturated carbocycles. The van der Waals surface area contributed by atoms with E-state index in [1.807, 2.05) is 0 Å². The highest BCUT2D eigenvalue weighted by Crippen LogP contribution is 2.28. The molecule has 1 amide bonds. The van der Waals surface area contributed by atoms with E-state index in [0.29, 0.717) is 24.5 Å². The number of amides is 1. The summed E-state index contributed by atoms with van der Waals surface area (Å²) in [7, 11) is 1.41. The van der Waals surface area contributed by atoms with E-state index in [0.717, 1.165) is 0 Å². The predicted octanol–water partition coefficient (Wildman–Crippen LogP) is 0.948. The first-order valence-electron chi connectivity index (χ1n) is 6.99. The van der Waals surface area contributed by atoms with Gasteiger partial charge in [0.25, 0.3) is 5.69 Å². The van der Waals surface area contributed by atoms with Crippen molar-refractivity contribution in [3.05, 3.63) is 28.3 Å². The fourth-order valence-corrected chi connectivity index (χ4v) is 2.42. The summed E-state index contributed by atoms with van der Waals surface area (Å²) in [5.41, 5.74) is 0.492. The monoisotopic (exact) mass is 323 g/mol. The predicted molar refractivity (Wildman–Crippen MR) is 80.5 cm³/mol. The number of rotatable bonds is 7. The summed E-state index contributed by atoms with van der Waals surface area (Å²) in [5, 5.41) is 22.7. The minimum Gasteiger partial charge on any atom is -0.494 e. The standard InChI is InChI=1S/C14H17N3O6/c1-23-12-7-10(17(21)22)2-3-11(12)15-4-5-16-8-9(14(19)20)6-13(16)18/h2-3,7,9,15H,4-6,8H2,1H3,(H,19,20). The van der Waals surface area contributed by atoms with E-state index in [4.69, 9.17) is 9.84 Å². The highest BCUT2D eigenvalue weighted by atomic mass is 16.6. The van der Waals surface area contributed by atoms with Crippen molar-refractivity contribution >= 4 is 23.3 Å². The van der Waals surface area contributed by atoms with E-state index >= 15 is 0 Å². The molecule has 2 rings (SSSR count). The molecule has 1 unspecified atom stereocenters. The van der Waals surface area contributed by atoms with Crippen LogP contribution in [0.15, 0.2) is 18.2 Å². The molecule has 1 heterocycles. The number of likely N-dealkylation sites (tertiary alicyclic amines) is 1. The third-order valence-corrected chi connectivity index (χ3v) is 3.66. The maximum absolute atomic E-state index is 11.7. The van der Waals surface area contributed by atoms with Gasteiger partial charge >= 0.3 is 5.97 Å². The molecule has 0 spiro atoms. The van der Waals surface area contributed by atoms with Crippen LogP contribution in [0, 0.1) is 16.0 Å². The molecule has 9 heteroatoms. The van der Waals surface area contributed by atoms with Crippen molar-refractivity contribution in [1.29, 1.82) is 0 Å². The van der Waals surface area contributed by atoms with Gasteiger partial charge in [0.1, 0.15) is 5.75 Å². The number of carbonyl (C=O) groups excluding carboxylic acids is 1. The third kappa shape index (κ3) is 3.87. The van der Waals surface area contributed by atoms with E-state index in [1.165, 1.54) is 30.2 Å². The number of aliphatic carboxylic acids is 1. The van der Waals surface area contributed by atoms with Gasteiger partial charge in [-0.3, -0.25) is 19.7 Å². The number of ether oxygens (including phenoxy) is 1. The summed E-state index contributed by atoms with van der Waals surface area (Å²) in [5.74, 6) is -1.48. The number of nitrogens with one attached hydrogen (secondary N) is 1. The number of carboxylic acid groups (broad SMARTS) is 1. The van der Waals surface area contributed by atoms with Crippen LogP contribution >= 0.6 is 0 Å². The number of nitrogens with zero attached hydrogens (tertiary/aromatic N) is 2. The van der Waals surface area contributed by atoms with Gasteiger partial charge in [-0.15, -0.1) is 0 Å². The summed E-state index contributed by atoms with van der Waals surface area (Å²) in [4.78, 5) is 34.3. The number of anilines is 1. The van der Waals surface area contributed by atoms with Crippen molar-refractivity contribution in [3.63, 3.8) is 0 Å². The van der Waals surface area contributed by atoms with Gasteiger partial charge in [0.05, 0.1) is 29.7 Å². The molecule has 2 N–H and O–H groups in total. The minimum absolute atomic E-state index is 0.0240. The summed E-state index contributed by atoms with van der Waals surface area (Å²) in [6.07, 6.45) is 0.0240. The van der Waals surface area contributed by atoms with Gasteiger partial charge in [-0.05, 0) is 6.07 Å². The average Bonchev–Trinajstić information content (AvgIpc) is 2.89. The lowest BCUT2D eigenvalue weighted by molar-refractivity contribution is -0.384. The fraction of sp³-hybridized carbons (Fsp3) is 0.429. The van der Waals surface area contributed by atoms with Crippen molar-refractivity contribution in [2.24, 2.45) is 5.92 Å². The topological polar surface area (TPSA) is 122 Å². The molecule has 23 heavy (non-hydrogen) atoms. The maximum Gasteiger partial charge on any atom is 0.308 e. The van der Waals surface area contributed by atoms with Crippen molar-refractivity contribution in [2.75, 3.05) is 32.1 Å². The Morgan fingerprint density at radius 1 is 1.57 bits per heavy atom. The first kappa shape index (κ1) is 16.5. The van der Waals surface area contributed by atoms with Gasteiger partial charge in [-0.25, -0.2) is 0 Å². The lowest BCUT2D eigenvalue weighted by Gasteiger charge is -2.17. The van der Waals surface area contributed by atoms with Crippen LogP contribution in [0.2, 0.25) is 0 Å². The molecule has 0 bridgehead atoms. The van der Waals surface area contributed by atoms with Crippen molar-refractivity contribution < 1.29 is 24.4 Å². The minimum atomic E-state index is -0.967. The fourth-order valence-electron chi connectivity index (χ4n) is 2.42. The molecular weight excluding hydrogens is 306 g/mol.